The van der Waals surface area contributed by atoms with Crippen LogP contribution >= 0.6 is 0 Å². The third-order valence-corrected chi connectivity index (χ3v) is 5.21. The summed E-state index contributed by atoms with van der Waals surface area (Å²) in [6.45, 7) is 1.83. The number of anilines is 2. The van der Waals surface area contributed by atoms with Crippen molar-refractivity contribution >= 4 is 28.9 Å². The van der Waals surface area contributed by atoms with Crippen LogP contribution in [0.1, 0.15) is 10.4 Å². The number of hydrogen-bond acceptors (Lipinski definition) is 8. The molecule has 33 heavy (non-hydrogen) atoms. The van der Waals surface area contributed by atoms with E-state index in [1.807, 2.05) is 4.90 Å². The summed E-state index contributed by atoms with van der Waals surface area (Å²) >= 11 is 0. The van der Waals surface area contributed by atoms with Gasteiger partial charge in [0, 0.05) is 57.7 Å². The van der Waals surface area contributed by atoms with Crippen LogP contribution in [-0.4, -0.2) is 74.7 Å². The molecule has 0 aliphatic carbocycles. The van der Waals surface area contributed by atoms with Gasteiger partial charge in [0.25, 0.3) is 11.6 Å². The zero-order valence-electron chi connectivity index (χ0n) is 18.2. The maximum atomic E-state index is 14.0. The number of para-hydroxylation sites is 1. The molecule has 0 radical (unpaired) electrons. The van der Waals surface area contributed by atoms with Crippen molar-refractivity contribution < 1.29 is 28.4 Å². The number of nitro groups is 1. The number of benzene rings is 2. The van der Waals surface area contributed by atoms with Crippen LogP contribution in [0.2, 0.25) is 0 Å². The van der Waals surface area contributed by atoms with Crippen LogP contribution < -0.4 is 10.2 Å². The van der Waals surface area contributed by atoms with Gasteiger partial charge in [0.1, 0.15) is 5.82 Å². The summed E-state index contributed by atoms with van der Waals surface area (Å²) in [5, 5.41) is 14.1. The van der Waals surface area contributed by atoms with Gasteiger partial charge in [-0.2, -0.15) is 0 Å². The summed E-state index contributed by atoms with van der Waals surface area (Å²) in [6.07, 6.45) is 0. The summed E-state index contributed by atoms with van der Waals surface area (Å²) in [5.41, 5.74) is 0.510. The number of methoxy groups -OCH3 is 1. The number of non-ortho nitro benzene ring substituents is 1. The fourth-order valence-electron chi connectivity index (χ4n) is 3.46. The lowest BCUT2D eigenvalue weighted by Crippen LogP contribution is -2.50. The quantitative estimate of drug-likeness (QED) is 0.262. The number of hydrogen-bond donors (Lipinski definition) is 1. The summed E-state index contributed by atoms with van der Waals surface area (Å²) in [5.74, 6) is -1.56. The number of esters is 1. The van der Waals surface area contributed by atoms with E-state index in [1.165, 1.54) is 30.2 Å². The fraction of sp³-hybridized carbons (Fsp3) is 0.364. The molecule has 0 aromatic heterocycles. The largest absolute Gasteiger partial charge is 0.452 e. The molecule has 2 aromatic rings. The molecule has 1 amide bonds. The minimum atomic E-state index is -0.850. The van der Waals surface area contributed by atoms with E-state index in [9.17, 15) is 24.1 Å². The molecule has 10 nitrogen and oxygen atoms in total. The van der Waals surface area contributed by atoms with Crippen molar-refractivity contribution in [2.75, 3.05) is 63.3 Å². The highest BCUT2D eigenvalue weighted by atomic mass is 19.1. The Morgan fingerprint density at radius 2 is 1.88 bits per heavy atom. The van der Waals surface area contributed by atoms with Crippen LogP contribution in [0, 0.1) is 15.9 Å². The van der Waals surface area contributed by atoms with Crippen molar-refractivity contribution in [1.29, 1.82) is 0 Å². The molecule has 1 fully saturated rings. The Morgan fingerprint density at radius 3 is 2.55 bits per heavy atom. The van der Waals surface area contributed by atoms with Crippen molar-refractivity contribution in [3.05, 3.63) is 64.0 Å². The Labute approximate surface area is 190 Å². The molecule has 11 heteroatoms. The molecule has 0 atom stereocenters. The van der Waals surface area contributed by atoms with Crippen molar-refractivity contribution in [3.63, 3.8) is 0 Å². The normalized spacial score (nSPS) is 13.5. The average Bonchev–Trinajstić information content (AvgIpc) is 2.83. The van der Waals surface area contributed by atoms with E-state index in [4.69, 9.17) is 9.47 Å². The van der Waals surface area contributed by atoms with Crippen LogP contribution in [-0.2, 0) is 14.3 Å². The number of carbonyl (C=O) groups is 2. The molecule has 1 N–H and O–H groups in total. The van der Waals surface area contributed by atoms with Crippen LogP contribution in [0.25, 0.3) is 0 Å². The monoisotopic (exact) mass is 460 g/mol. The highest BCUT2D eigenvalue weighted by Gasteiger charge is 2.24. The minimum absolute atomic E-state index is 0.0440. The molecule has 1 saturated heterocycles. The van der Waals surface area contributed by atoms with Gasteiger partial charge in [0.2, 0.25) is 0 Å². The second-order valence-corrected chi connectivity index (χ2v) is 7.30. The van der Waals surface area contributed by atoms with E-state index >= 15 is 0 Å². The van der Waals surface area contributed by atoms with E-state index in [0.717, 1.165) is 6.07 Å². The van der Waals surface area contributed by atoms with Crippen LogP contribution in [0.3, 0.4) is 0 Å². The fourth-order valence-corrected chi connectivity index (χ4v) is 3.46. The van der Waals surface area contributed by atoms with E-state index in [0.29, 0.717) is 50.7 Å². The zero-order valence-corrected chi connectivity index (χ0v) is 18.2. The molecular formula is C22H25FN4O6. The SMILES string of the molecule is COCCNc1ccc([N+](=O)[O-])cc1C(=O)OCC(=O)N1CCN(c2ccccc2F)CC1. The summed E-state index contributed by atoms with van der Waals surface area (Å²) < 4.78 is 24.1. The van der Waals surface area contributed by atoms with Crippen molar-refractivity contribution in [2.24, 2.45) is 0 Å². The Hall–Kier alpha value is -3.73. The Morgan fingerprint density at radius 1 is 1.15 bits per heavy atom. The molecular weight excluding hydrogens is 435 g/mol. The lowest BCUT2D eigenvalue weighted by atomic mass is 10.1. The Balaban J connectivity index is 1.58. The first-order chi connectivity index (χ1) is 15.9. The molecule has 1 aliphatic rings. The second kappa shape index (κ2) is 11.2. The van der Waals surface area contributed by atoms with Crippen LogP contribution in [0.5, 0.6) is 0 Å². The van der Waals surface area contributed by atoms with Crippen LogP contribution in [0.4, 0.5) is 21.5 Å². The minimum Gasteiger partial charge on any atom is -0.452 e. The van der Waals surface area contributed by atoms with Gasteiger partial charge in [0.05, 0.1) is 22.8 Å². The highest BCUT2D eigenvalue weighted by Crippen LogP contribution is 2.23. The topological polar surface area (TPSA) is 114 Å². The standard InChI is InChI=1S/C22H25FN4O6/c1-32-13-8-24-19-7-6-16(27(30)31)14-17(19)22(29)33-15-21(28)26-11-9-25(10-12-26)20-5-3-2-4-18(20)23/h2-7,14,24H,8-13,15H2,1H3. The summed E-state index contributed by atoms with van der Waals surface area (Å²) in [4.78, 5) is 39.0. The van der Waals surface area contributed by atoms with Crippen molar-refractivity contribution in [1.82, 2.24) is 4.90 Å². The smallest absolute Gasteiger partial charge is 0.341 e. The number of carbonyl (C=O) groups excluding carboxylic acids is 2. The summed E-state index contributed by atoms with van der Waals surface area (Å²) in [6, 6.07) is 10.2. The average molecular weight is 460 g/mol. The third-order valence-electron chi connectivity index (χ3n) is 5.21. The zero-order chi connectivity index (χ0) is 23.8. The first kappa shape index (κ1) is 23.9. The predicted molar refractivity (Wildman–Crippen MR) is 119 cm³/mol. The predicted octanol–water partition coefficient (Wildman–Crippen LogP) is 2.30. The van der Waals surface area contributed by atoms with Crippen molar-refractivity contribution in [2.45, 2.75) is 0 Å². The number of halogens is 1. The van der Waals surface area contributed by atoms with E-state index in [1.54, 1.807) is 18.2 Å². The number of piperazine rings is 1. The van der Waals surface area contributed by atoms with Gasteiger partial charge >= 0.3 is 5.97 Å². The van der Waals surface area contributed by atoms with E-state index in [-0.39, 0.29) is 17.1 Å². The van der Waals surface area contributed by atoms with Gasteiger partial charge in [-0.3, -0.25) is 14.9 Å². The first-order valence-electron chi connectivity index (χ1n) is 10.4. The van der Waals surface area contributed by atoms with Gasteiger partial charge < -0.3 is 24.6 Å². The van der Waals surface area contributed by atoms with E-state index < -0.39 is 23.4 Å². The van der Waals surface area contributed by atoms with E-state index in [2.05, 4.69) is 5.32 Å². The molecule has 0 saturated carbocycles. The lowest BCUT2D eigenvalue weighted by molar-refractivity contribution is -0.384. The molecule has 176 valence electrons. The maximum Gasteiger partial charge on any atom is 0.341 e. The number of ether oxygens (including phenoxy) is 2. The van der Waals surface area contributed by atoms with Gasteiger partial charge in [0.15, 0.2) is 6.61 Å². The molecule has 2 aromatic carbocycles. The number of nitrogens with one attached hydrogen (secondary N) is 1. The van der Waals surface area contributed by atoms with Crippen molar-refractivity contribution in [3.8, 4) is 0 Å². The number of nitrogens with zero attached hydrogens (tertiary/aromatic N) is 3. The number of nitro benzene ring substituents is 1. The Kier molecular flexibility index (Phi) is 8.14. The maximum absolute atomic E-state index is 14.0. The lowest BCUT2D eigenvalue weighted by Gasteiger charge is -2.36. The molecule has 3 rings (SSSR count). The van der Waals surface area contributed by atoms with Gasteiger partial charge in [-0.25, -0.2) is 9.18 Å². The van der Waals surface area contributed by atoms with Crippen LogP contribution in [0.15, 0.2) is 42.5 Å². The molecule has 0 spiro atoms. The molecule has 1 heterocycles. The summed E-state index contributed by atoms with van der Waals surface area (Å²) in [7, 11) is 1.52. The highest BCUT2D eigenvalue weighted by molar-refractivity contribution is 5.97. The molecule has 0 bridgehead atoms. The Bertz CT molecular complexity index is 1010. The van der Waals surface area contributed by atoms with Gasteiger partial charge in [-0.15, -0.1) is 0 Å². The van der Waals surface area contributed by atoms with Gasteiger partial charge in [-0.05, 0) is 18.2 Å². The first-order valence-corrected chi connectivity index (χ1v) is 10.4. The number of amides is 1. The third kappa shape index (κ3) is 6.16. The second-order valence-electron chi connectivity index (χ2n) is 7.30. The van der Waals surface area contributed by atoms with Gasteiger partial charge in [-0.1, -0.05) is 12.1 Å². The number of rotatable bonds is 9. The molecule has 1 aliphatic heterocycles. The molecule has 0 unspecified atom stereocenters.